The van der Waals surface area contributed by atoms with E-state index in [0.717, 1.165) is 19.2 Å². The first kappa shape index (κ1) is 15.6. The highest BCUT2D eigenvalue weighted by Crippen LogP contribution is 2.18. The van der Waals surface area contributed by atoms with Crippen molar-refractivity contribution in [3.63, 3.8) is 0 Å². The summed E-state index contributed by atoms with van der Waals surface area (Å²) in [5, 5.41) is 2.42. The van der Waals surface area contributed by atoms with Crippen LogP contribution in [-0.4, -0.2) is 32.1 Å². The van der Waals surface area contributed by atoms with Crippen molar-refractivity contribution in [2.45, 2.75) is 12.8 Å². The van der Waals surface area contributed by atoms with Gasteiger partial charge in [0.1, 0.15) is 5.82 Å². The number of esters is 2. The van der Waals surface area contributed by atoms with E-state index in [0.29, 0.717) is 0 Å². The Kier molecular flexibility index (Phi) is 5.64. The number of nitrogens with one attached hydrogen (secondary N) is 1. The molecule has 0 saturated carbocycles. The third-order valence-electron chi connectivity index (χ3n) is 2.44. The maximum absolute atomic E-state index is 13.1. The molecule has 0 spiro atoms. The van der Waals surface area contributed by atoms with Gasteiger partial charge < -0.3 is 14.8 Å². The van der Waals surface area contributed by atoms with Crippen molar-refractivity contribution in [1.82, 2.24) is 0 Å². The van der Waals surface area contributed by atoms with E-state index in [1.165, 1.54) is 13.2 Å². The van der Waals surface area contributed by atoms with Gasteiger partial charge in [-0.05, 0) is 18.2 Å². The van der Waals surface area contributed by atoms with Gasteiger partial charge in [0.05, 0.1) is 31.9 Å². The van der Waals surface area contributed by atoms with Gasteiger partial charge in [-0.2, -0.15) is 0 Å². The van der Waals surface area contributed by atoms with Crippen LogP contribution in [0.1, 0.15) is 23.2 Å². The zero-order valence-electron chi connectivity index (χ0n) is 11.1. The van der Waals surface area contributed by atoms with E-state index in [1.54, 1.807) is 0 Å². The molecule has 1 aromatic carbocycles. The maximum atomic E-state index is 13.1. The average molecular weight is 283 g/mol. The molecule has 1 rings (SSSR count). The molecule has 7 heteroatoms. The molecule has 0 aliphatic rings. The molecule has 0 bridgehead atoms. The van der Waals surface area contributed by atoms with Crippen LogP contribution in [0.4, 0.5) is 10.1 Å². The van der Waals surface area contributed by atoms with E-state index in [4.69, 9.17) is 0 Å². The number of carbonyl (C=O) groups excluding carboxylic acids is 3. The highest BCUT2D eigenvalue weighted by molar-refractivity contribution is 6.01. The smallest absolute Gasteiger partial charge is 0.340 e. The first-order valence-electron chi connectivity index (χ1n) is 5.72. The van der Waals surface area contributed by atoms with E-state index in [9.17, 15) is 18.8 Å². The molecular weight excluding hydrogens is 269 g/mol. The second-order valence-electron chi connectivity index (χ2n) is 3.81. The molecule has 0 heterocycles. The second kappa shape index (κ2) is 7.22. The summed E-state index contributed by atoms with van der Waals surface area (Å²) in [6.07, 6.45) is -0.193. The standard InChI is InChI=1S/C13H14FNO5/c1-19-12(17)6-5-11(16)15-10-4-3-8(14)7-9(10)13(18)20-2/h3-4,7H,5-6H2,1-2H3,(H,15,16). The Morgan fingerprint density at radius 1 is 1.15 bits per heavy atom. The van der Waals surface area contributed by atoms with Crippen LogP contribution in [0.3, 0.4) is 0 Å². The van der Waals surface area contributed by atoms with Crippen molar-refractivity contribution in [2.24, 2.45) is 0 Å². The molecule has 20 heavy (non-hydrogen) atoms. The number of halogens is 1. The molecule has 1 N–H and O–H groups in total. The van der Waals surface area contributed by atoms with Crippen LogP contribution in [0.25, 0.3) is 0 Å². The zero-order chi connectivity index (χ0) is 15.1. The van der Waals surface area contributed by atoms with Crippen LogP contribution in [0.15, 0.2) is 18.2 Å². The lowest BCUT2D eigenvalue weighted by molar-refractivity contribution is -0.141. The highest BCUT2D eigenvalue weighted by Gasteiger charge is 2.15. The van der Waals surface area contributed by atoms with Gasteiger partial charge in [0.2, 0.25) is 5.91 Å². The molecule has 1 aromatic rings. The maximum Gasteiger partial charge on any atom is 0.340 e. The van der Waals surface area contributed by atoms with Crippen molar-refractivity contribution in [3.8, 4) is 0 Å². The summed E-state index contributed by atoms with van der Waals surface area (Å²) in [4.78, 5) is 34.0. The van der Waals surface area contributed by atoms with Crippen LogP contribution in [0.2, 0.25) is 0 Å². The summed E-state index contributed by atoms with van der Waals surface area (Å²) in [6.45, 7) is 0. The van der Waals surface area contributed by atoms with E-state index >= 15 is 0 Å². The topological polar surface area (TPSA) is 81.7 Å². The minimum atomic E-state index is -0.771. The molecule has 0 saturated heterocycles. The number of hydrogen-bond acceptors (Lipinski definition) is 5. The van der Waals surface area contributed by atoms with Gasteiger partial charge in [0, 0.05) is 6.42 Å². The van der Waals surface area contributed by atoms with Gasteiger partial charge in [0.25, 0.3) is 0 Å². The Bertz CT molecular complexity index is 529. The van der Waals surface area contributed by atoms with E-state index in [1.807, 2.05) is 0 Å². The summed E-state index contributed by atoms with van der Waals surface area (Å²) in [5.74, 6) is -2.41. The fourth-order valence-corrected chi connectivity index (χ4v) is 1.43. The van der Waals surface area contributed by atoms with Gasteiger partial charge in [-0.3, -0.25) is 9.59 Å². The second-order valence-corrected chi connectivity index (χ2v) is 3.81. The summed E-state index contributed by atoms with van der Waals surface area (Å²) in [6, 6.07) is 3.31. The number of ether oxygens (including phenoxy) is 2. The van der Waals surface area contributed by atoms with Crippen molar-refractivity contribution in [1.29, 1.82) is 0 Å². The summed E-state index contributed by atoms with van der Waals surface area (Å²) in [5.41, 5.74) is 0.0204. The molecule has 0 aliphatic carbocycles. The molecule has 1 amide bonds. The molecule has 0 radical (unpaired) electrons. The third-order valence-corrected chi connectivity index (χ3v) is 2.44. The fraction of sp³-hybridized carbons (Fsp3) is 0.308. The highest BCUT2D eigenvalue weighted by atomic mass is 19.1. The summed E-state index contributed by atoms with van der Waals surface area (Å²) in [7, 11) is 2.37. The Hall–Kier alpha value is -2.44. The Labute approximate surface area is 114 Å². The first-order valence-corrected chi connectivity index (χ1v) is 5.72. The van der Waals surface area contributed by atoms with Gasteiger partial charge in [-0.1, -0.05) is 0 Å². The number of methoxy groups -OCH3 is 2. The van der Waals surface area contributed by atoms with Gasteiger partial charge in [0.15, 0.2) is 0 Å². The van der Waals surface area contributed by atoms with Crippen LogP contribution < -0.4 is 5.32 Å². The lowest BCUT2D eigenvalue weighted by atomic mass is 10.1. The van der Waals surface area contributed by atoms with Crippen molar-refractivity contribution in [2.75, 3.05) is 19.5 Å². The quantitative estimate of drug-likeness (QED) is 0.828. The van der Waals surface area contributed by atoms with Crippen LogP contribution in [-0.2, 0) is 19.1 Å². The molecule has 0 aliphatic heterocycles. The molecular formula is C13H14FNO5. The average Bonchev–Trinajstić information content (AvgIpc) is 2.45. The predicted octanol–water partition coefficient (Wildman–Crippen LogP) is 1.50. The minimum Gasteiger partial charge on any atom is -0.469 e. The number of benzene rings is 1. The van der Waals surface area contributed by atoms with Crippen molar-refractivity contribution in [3.05, 3.63) is 29.6 Å². The Balaban J connectivity index is 2.79. The predicted molar refractivity (Wildman–Crippen MR) is 67.6 cm³/mol. The number of anilines is 1. The summed E-state index contributed by atoms with van der Waals surface area (Å²) < 4.78 is 22.0. The lowest BCUT2D eigenvalue weighted by Crippen LogP contribution is -2.16. The van der Waals surface area contributed by atoms with Crippen molar-refractivity contribution < 1.29 is 28.2 Å². The van der Waals surface area contributed by atoms with E-state index in [2.05, 4.69) is 14.8 Å². The van der Waals surface area contributed by atoms with E-state index < -0.39 is 23.7 Å². The first-order chi connectivity index (χ1) is 9.47. The molecule has 108 valence electrons. The van der Waals surface area contributed by atoms with Gasteiger partial charge in [-0.25, -0.2) is 9.18 Å². The van der Waals surface area contributed by atoms with Crippen molar-refractivity contribution >= 4 is 23.5 Å². The number of hydrogen-bond donors (Lipinski definition) is 1. The molecule has 6 nitrogen and oxygen atoms in total. The molecule has 0 fully saturated rings. The minimum absolute atomic E-state index is 0.0862. The Morgan fingerprint density at radius 3 is 2.45 bits per heavy atom. The number of amides is 1. The third kappa shape index (κ3) is 4.34. The SMILES string of the molecule is COC(=O)CCC(=O)Nc1ccc(F)cc1C(=O)OC. The number of rotatable bonds is 5. The summed E-state index contributed by atoms with van der Waals surface area (Å²) >= 11 is 0. The number of carbonyl (C=O) groups is 3. The van der Waals surface area contributed by atoms with Crippen LogP contribution in [0.5, 0.6) is 0 Å². The van der Waals surface area contributed by atoms with Gasteiger partial charge in [-0.15, -0.1) is 0 Å². The normalized spacial score (nSPS) is 9.75. The largest absolute Gasteiger partial charge is 0.469 e. The molecule has 0 unspecified atom stereocenters. The molecule has 0 atom stereocenters. The fourth-order valence-electron chi connectivity index (χ4n) is 1.43. The van der Waals surface area contributed by atoms with E-state index in [-0.39, 0.29) is 24.1 Å². The van der Waals surface area contributed by atoms with Gasteiger partial charge >= 0.3 is 11.9 Å². The monoisotopic (exact) mass is 283 g/mol. The Morgan fingerprint density at radius 2 is 1.85 bits per heavy atom. The zero-order valence-corrected chi connectivity index (χ0v) is 11.1. The van der Waals surface area contributed by atoms with Crippen LogP contribution >= 0.6 is 0 Å². The van der Waals surface area contributed by atoms with Crippen LogP contribution in [0, 0.1) is 5.82 Å². The lowest BCUT2D eigenvalue weighted by Gasteiger charge is -2.09. The molecule has 0 aromatic heterocycles.